The standard InChI is InChI=1S/C14H17NO5S/c1-21(19,20)12-6-4-11(5-7-12)15-13(16)9-2-3-10(8-9)14(17)18/h4-7,9-10H,2-3,8H2,1H3,(H,15,16)(H,17,18). The number of rotatable bonds is 4. The number of carbonyl (C=O) groups excluding carboxylic acids is 1. The van der Waals surface area contributed by atoms with Crippen LogP contribution < -0.4 is 5.32 Å². The van der Waals surface area contributed by atoms with E-state index in [-0.39, 0.29) is 16.7 Å². The fraction of sp³-hybridized carbons (Fsp3) is 0.429. The first-order valence-electron chi connectivity index (χ1n) is 6.61. The van der Waals surface area contributed by atoms with Gasteiger partial charge in [-0.15, -0.1) is 0 Å². The van der Waals surface area contributed by atoms with Crippen molar-refractivity contribution in [2.45, 2.75) is 24.2 Å². The lowest BCUT2D eigenvalue weighted by Gasteiger charge is -2.11. The number of aliphatic carboxylic acids is 1. The van der Waals surface area contributed by atoms with Gasteiger partial charge in [-0.3, -0.25) is 9.59 Å². The monoisotopic (exact) mass is 311 g/mol. The fourth-order valence-electron chi connectivity index (χ4n) is 2.47. The number of nitrogens with one attached hydrogen (secondary N) is 1. The van der Waals surface area contributed by atoms with E-state index in [0.717, 1.165) is 6.26 Å². The Bertz CT molecular complexity index is 650. The molecular weight excluding hydrogens is 294 g/mol. The maximum absolute atomic E-state index is 12.0. The molecule has 7 heteroatoms. The third-order valence-corrected chi connectivity index (χ3v) is 4.83. The van der Waals surface area contributed by atoms with Crippen molar-refractivity contribution in [3.05, 3.63) is 24.3 Å². The molecule has 0 saturated heterocycles. The molecular formula is C14H17NO5S. The van der Waals surface area contributed by atoms with Gasteiger partial charge in [0.05, 0.1) is 10.8 Å². The van der Waals surface area contributed by atoms with E-state index in [0.29, 0.717) is 24.9 Å². The van der Waals surface area contributed by atoms with Crippen molar-refractivity contribution in [2.75, 3.05) is 11.6 Å². The molecule has 1 fully saturated rings. The summed E-state index contributed by atoms with van der Waals surface area (Å²) in [5, 5.41) is 11.6. The first-order chi connectivity index (χ1) is 9.77. The molecule has 0 spiro atoms. The number of sulfone groups is 1. The predicted molar refractivity (Wildman–Crippen MR) is 76.6 cm³/mol. The normalized spacial score (nSPS) is 22.0. The zero-order chi connectivity index (χ0) is 15.6. The Labute approximate surface area is 123 Å². The lowest BCUT2D eigenvalue weighted by molar-refractivity contribution is -0.141. The van der Waals surface area contributed by atoms with Crippen molar-refractivity contribution >= 4 is 27.4 Å². The molecule has 0 aliphatic heterocycles. The van der Waals surface area contributed by atoms with Crippen LogP contribution in [0.15, 0.2) is 29.2 Å². The molecule has 0 heterocycles. The molecule has 2 rings (SSSR count). The van der Waals surface area contributed by atoms with Gasteiger partial charge in [-0.25, -0.2) is 8.42 Å². The summed E-state index contributed by atoms with van der Waals surface area (Å²) in [5.41, 5.74) is 0.506. The highest BCUT2D eigenvalue weighted by molar-refractivity contribution is 7.90. The molecule has 21 heavy (non-hydrogen) atoms. The maximum atomic E-state index is 12.0. The third kappa shape index (κ3) is 3.81. The molecule has 1 saturated carbocycles. The maximum Gasteiger partial charge on any atom is 0.306 e. The van der Waals surface area contributed by atoms with E-state index in [9.17, 15) is 18.0 Å². The second-order valence-corrected chi connectivity index (χ2v) is 7.35. The highest BCUT2D eigenvalue weighted by Crippen LogP contribution is 2.31. The van der Waals surface area contributed by atoms with Crippen LogP contribution in [0.25, 0.3) is 0 Å². The van der Waals surface area contributed by atoms with Gasteiger partial charge < -0.3 is 10.4 Å². The minimum absolute atomic E-state index is 0.187. The number of carbonyl (C=O) groups is 2. The fourth-order valence-corrected chi connectivity index (χ4v) is 3.10. The van der Waals surface area contributed by atoms with Crippen LogP contribution in [0.2, 0.25) is 0 Å². The summed E-state index contributed by atoms with van der Waals surface area (Å²) in [6, 6.07) is 5.91. The lowest BCUT2D eigenvalue weighted by atomic mass is 10.0. The van der Waals surface area contributed by atoms with Gasteiger partial charge in [-0.2, -0.15) is 0 Å². The molecule has 0 radical (unpaired) electrons. The Balaban J connectivity index is 1.99. The van der Waals surface area contributed by atoms with Crippen LogP contribution >= 0.6 is 0 Å². The Kier molecular flexibility index (Phi) is 4.32. The van der Waals surface area contributed by atoms with Crippen LogP contribution in [0, 0.1) is 11.8 Å². The summed E-state index contributed by atoms with van der Waals surface area (Å²) in [4.78, 5) is 23.1. The minimum Gasteiger partial charge on any atom is -0.481 e. The zero-order valence-electron chi connectivity index (χ0n) is 11.6. The van der Waals surface area contributed by atoms with Crippen LogP contribution in [0.5, 0.6) is 0 Å². The second-order valence-electron chi connectivity index (χ2n) is 5.33. The topological polar surface area (TPSA) is 101 Å². The van der Waals surface area contributed by atoms with Crippen molar-refractivity contribution in [1.82, 2.24) is 0 Å². The van der Waals surface area contributed by atoms with Crippen LogP contribution in [-0.2, 0) is 19.4 Å². The van der Waals surface area contributed by atoms with E-state index in [1.54, 1.807) is 0 Å². The van der Waals surface area contributed by atoms with Gasteiger partial charge in [0.1, 0.15) is 0 Å². The number of carboxylic acids is 1. The van der Waals surface area contributed by atoms with Gasteiger partial charge in [0.2, 0.25) is 5.91 Å². The molecule has 1 aromatic rings. The SMILES string of the molecule is CS(=O)(=O)c1ccc(NC(=O)C2CCC(C(=O)O)C2)cc1. The molecule has 1 aliphatic rings. The van der Waals surface area contributed by atoms with Crippen LogP contribution in [0.4, 0.5) is 5.69 Å². The van der Waals surface area contributed by atoms with E-state index < -0.39 is 21.7 Å². The molecule has 114 valence electrons. The molecule has 2 atom stereocenters. The van der Waals surface area contributed by atoms with Crippen LogP contribution in [0.1, 0.15) is 19.3 Å². The molecule has 2 unspecified atom stereocenters. The Morgan fingerprint density at radius 1 is 1.14 bits per heavy atom. The largest absolute Gasteiger partial charge is 0.481 e. The van der Waals surface area contributed by atoms with E-state index in [2.05, 4.69) is 5.32 Å². The zero-order valence-corrected chi connectivity index (χ0v) is 12.4. The van der Waals surface area contributed by atoms with Crippen LogP contribution in [-0.4, -0.2) is 31.7 Å². The average molecular weight is 311 g/mol. The highest BCUT2D eigenvalue weighted by Gasteiger charge is 2.33. The number of hydrogen-bond donors (Lipinski definition) is 2. The van der Waals surface area contributed by atoms with Gasteiger partial charge in [0.15, 0.2) is 9.84 Å². The lowest BCUT2D eigenvalue weighted by Crippen LogP contribution is -2.21. The van der Waals surface area contributed by atoms with Crippen molar-refractivity contribution in [1.29, 1.82) is 0 Å². The Morgan fingerprint density at radius 2 is 1.71 bits per heavy atom. The molecule has 1 aliphatic carbocycles. The number of amides is 1. The summed E-state index contributed by atoms with van der Waals surface area (Å²) in [6.07, 6.45) is 2.54. The molecule has 1 amide bonds. The summed E-state index contributed by atoms with van der Waals surface area (Å²) >= 11 is 0. The van der Waals surface area contributed by atoms with Crippen molar-refractivity contribution in [3.8, 4) is 0 Å². The first kappa shape index (κ1) is 15.5. The van der Waals surface area contributed by atoms with Crippen molar-refractivity contribution in [3.63, 3.8) is 0 Å². The van der Waals surface area contributed by atoms with Crippen molar-refractivity contribution < 1.29 is 23.1 Å². The molecule has 0 bridgehead atoms. The number of benzene rings is 1. The smallest absolute Gasteiger partial charge is 0.306 e. The van der Waals surface area contributed by atoms with E-state index in [1.165, 1.54) is 24.3 Å². The highest BCUT2D eigenvalue weighted by atomic mass is 32.2. The molecule has 1 aromatic carbocycles. The minimum atomic E-state index is -3.26. The van der Waals surface area contributed by atoms with Gasteiger partial charge in [0, 0.05) is 17.9 Å². The van der Waals surface area contributed by atoms with E-state index >= 15 is 0 Å². The molecule has 2 N–H and O–H groups in total. The third-order valence-electron chi connectivity index (χ3n) is 3.70. The van der Waals surface area contributed by atoms with Gasteiger partial charge in [-0.1, -0.05) is 0 Å². The summed E-state index contributed by atoms with van der Waals surface area (Å²) in [7, 11) is -3.26. The summed E-state index contributed by atoms with van der Waals surface area (Å²) in [5.74, 6) is -1.83. The van der Waals surface area contributed by atoms with E-state index in [1.807, 2.05) is 0 Å². The Hall–Kier alpha value is -1.89. The first-order valence-corrected chi connectivity index (χ1v) is 8.50. The summed E-state index contributed by atoms with van der Waals surface area (Å²) < 4.78 is 22.7. The van der Waals surface area contributed by atoms with Gasteiger partial charge in [-0.05, 0) is 43.5 Å². The predicted octanol–water partition coefficient (Wildman–Crippen LogP) is 1.53. The van der Waals surface area contributed by atoms with Gasteiger partial charge >= 0.3 is 5.97 Å². The number of carboxylic acid groups (broad SMARTS) is 1. The summed E-state index contributed by atoms with van der Waals surface area (Å²) in [6.45, 7) is 0. The van der Waals surface area contributed by atoms with Crippen LogP contribution in [0.3, 0.4) is 0 Å². The molecule has 6 nitrogen and oxygen atoms in total. The average Bonchev–Trinajstić information content (AvgIpc) is 2.88. The van der Waals surface area contributed by atoms with Crippen molar-refractivity contribution in [2.24, 2.45) is 11.8 Å². The Morgan fingerprint density at radius 3 is 2.19 bits per heavy atom. The quantitative estimate of drug-likeness (QED) is 0.878. The van der Waals surface area contributed by atoms with E-state index in [4.69, 9.17) is 5.11 Å². The second kappa shape index (κ2) is 5.85. The number of hydrogen-bond acceptors (Lipinski definition) is 4. The van der Waals surface area contributed by atoms with Gasteiger partial charge in [0.25, 0.3) is 0 Å². The molecule has 0 aromatic heterocycles. The number of anilines is 1.